The SMILES string of the molecule is Cc1ccc(-c2ccc(C3=C=CC=CC=C3)s2)cc1. The van der Waals surface area contributed by atoms with Crippen molar-refractivity contribution in [2.75, 3.05) is 0 Å². The monoisotopic (exact) mass is 262 g/mol. The van der Waals surface area contributed by atoms with Crippen LogP contribution in [-0.2, 0) is 0 Å². The summed E-state index contributed by atoms with van der Waals surface area (Å²) in [4.78, 5) is 2.56. The average molecular weight is 262 g/mol. The van der Waals surface area contributed by atoms with Crippen LogP contribution in [0, 0.1) is 6.92 Å². The molecule has 3 rings (SSSR count). The Kier molecular flexibility index (Phi) is 3.33. The molecule has 0 saturated carbocycles. The zero-order chi connectivity index (χ0) is 13.1. The van der Waals surface area contributed by atoms with Crippen molar-refractivity contribution >= 4 is 16.9 Å². The summed E-state index contributed by atoms with van der Waals surface area (Å²) in [6.07, 6.45) is 10.1. The zero-order valence-electron chi connectivity index (χ0n) is 10.8. The van der Waals surface area contributed by atoms with E-state index in [1.165, 1.54) is 20.9 Å². The maximum atomic E-state index is 3.30. The second-order valence-corrected chi connectivity index (χ2v) is 5.58. The molecule has 1 aromatic carbocycles. The minimum Gasteiger partial charge on any atom is -0.135 e. The standard InChI is InChI=1S/C18H14S/c1-14-8-10-16(11-9-14)18-13-12-17(19-18)15-6-4-2-3-5-7-15/h2-6,8-13H,1H3. The Morgan fingerprint density at radius 1 is 0.842 bits per heavy atom. The summed E-state index contributed by atoms with van der Waals surface area (Å²) in [5.41, 5.74) is 7.02. The molecule has 2 aromatic rings. The Morgan fingerprint density at radius 3 is 2.47 bits per heavy atom. The van der Waals surface area contributed by atoms with Gasteiger partial charge in [0.1, 0.15) is 0 Å². The van der Waals surface area contributed by atoms with Crippen molar-refractivity contribution in [3.63, 3.8) is 0 Å². The molecule has 1 aliphatic carbocycles. The summed E-state index contributed by atoms with van der Waals surface area (Å²) < 4.78 is 0. The molecule has 0 radical (unpaired) electrons. The zero-order valence-corrected chi connectivity index (χ0v) is 11.6. The van der Waals surface area contributed by atoms with Gasteiger partial charge in [-0.15, -0.1) is 17.1 Å². The highest BCUT2D eigenvalue weighted by molar-refractivity contribution is 7.16. The number of allylic oxidation sites excluding steroid dienone is 5. The normalized spacial score (nSPS) is 13.4. The van der Waals surface area contributed by atoms with Crippen LogP contribution < -0.4 is 0 Å². The molecule has 0 unspecified atom stereocenters. The molecule has 1 heterocycles. The predicted molar refractivity (Wildman–Crippen MR) is 84.3 cm³/mol. The molecule has 1 heteroatoms. The minimum absolute atomic E-state index is 1.15. The third-order valence-electron chi connectivity index (χ3n) is 3.03. The van der Waals surface area contributed by atoms with Crippen molar-refractivity contribution < 1.29 is 0 Å². The third-order valence-corrected chi connectivity index (χ3v) is 4.20. The van der Waals surface area contributed by atoms with E-state index >= 15 is 0 Å². The van der Waals surface area contributed by atoms with Crippen molar-refractivity contribution in [1.82, 2.24) is 0 Å². The summed E-state index contributed by atoms with van der Waals surface area (Å²) in [6, 6.07) is 13.0. The molecule has 0 bridgehead atoms. The van der Waals surface area contributed by atoms with Crippen molar-refractivity contribution in [3.05, 3.63) is 83.0 Å². The molecule has 0 atom stereocenters. The third kappa shape index (κ3) is 2.68. The molecular formula is C18H14S. The molecule has 0 fully saturated rings. The van der Waals surface area contributed by atoms with Gasteiger partial charge in [0.25, 0.3) is 0 Å². The van der Waals surface area contributed by atoms with Gasteiger partial charge in [0, 0.05) is 15.3 Å². The van der Waals surface area contributed by atoms with Crippen LogP contribution in [0.2, 0.25) is 0 Å². The smallest absolute Gasteiger partial charge is 0.0427 e. The lowest BCUT2D eigenvalue weighted by atomic mass is 10.1. The maximum absolute atomic E-state index is 3.30. The van der Waals surface area contributed by atoms with Gasteiger partial charge < -0.3 is 0 Å². The fourth-order valence-corrected chi connectivity index (χ4v) is 2.97. The van der Waals surface area contributed by atoms with Crippen LogP contribution in [0.15, 0.2) is 72.5 Å². The molecular weight excluding hydrogens is 248 g/mol. The number of thiophene rings is 1. The molecule has 0 nitrogen and oxygen atoms in total. The van der Waals surface area contributed by atoms with Crippen LogP contribution in [0.3, 0.4) is 0 Å². The van der Waals surface area contributed by atoms with Gasteiger partial charge in [-0.2, -0.15) is 0 Å². The quantitative estimate of drug-likeness (QED) is 0.637. The summed E-state index contributed by atoms with van der Waals surface area (Å²) >= 11 is 1.81. The fourth-order valence-electron chi connectivity index (χ4n) is 1.97. The van der Waals surface area contributed by atoms with E-state index in [9.17, 15) is 0 Å². The first-order chi connectivity index (χ1) is 9.33. The Morgan fingerprint density at radius 2 is 1.63 bits per heavy atom. The highest BCUT2D eigenvalue weighted by Crippen LogP contribution is 2.32. The Balaban J connectivity index is 1.96. The van der Waals surface area contributed by atoms with E-state index in [2.05, 4.69) is 61.2 Å². The topological polar surface area (TPSA) is 0 Å². The largest absolute Gasteiger partial charge is 0.135 e. The van der Waals surface area contributed by atoms with E-state index in [-0.39, 0.29) is 0 Å². The number of hydrogen-bond acceptors (Lipinski definition) is 1. The lowest BCUT2D eigenvalue weighted by Gasteiger charge is -1.98. The number of hydrogen-bond donors (Lipinski definition) is 0. The first-order valence-electron chi connectivity index (χ1n) is 6.30. The molecule has 19 heavy (non-hydrogen) atoms. The second-order valence-electron chi connectivity index (χ2n) is 4.50. The van der Waals surface area contributed by atoms with E-state index < -0.39 is 0 Å². The van der Waals surface area contributed by atoms with E-state index in [1.807, 2.05) is 29.6 Å². The van der Waals surface area contributed by atoms with E-state index in [0.717, 1.165) is 5.57 Å². The predicted octanol–water partition coefficient (Wildman–Crippen LogP) is 5.39. The van der Waals surface area contributed by atoms with Crippen molar-refractivity contribution in [2.24, 2.45) is 0 Å². The highest BCUT2D eigenvalue weighted by Gasteiger charge is 2.05. The minimum atomic E-state index is 1.15. The van der Waals surface area contributed by atoms with E-state index in [4.69, 9.17) is 0 Å². The summed E-state index contributed by atoms with van der Waals surface area (Å²) in [5.74, 6) is 0. The lowest BCUT2D eigenvalue weighted by molar-refractivity contribution is 1.48. The number of benzene rings is 1. The molecule has 0 N–H and O–H groups in total. The van der Waals surface area contributed by atoms with Crippen molar-refractivity contribution in [2.45, 2.75) is 6.92 Å². The van der Waals surface area contributed by atoms with Gasteiger partial charge in [0.2, 0.25) is 0 Å². The van der Waals surface area contributed by atoms with Crippen LogP contribution in [0.1, 0.15) is 10.4 Å². The van der Waals surface area contributed by atoms with Gasteiger partial charge >= 0.3 is 0 Å². The summed E-state index contributed by atoms with van der Waals surface area (Å²) in [5, 5.41) is 0. The lowest BCUT2D eigenvalue weighted by Crippen LogP contribution is -1.73. The van der Waals surface area contributed by atoms with Gasteiger partial charge in [0.05, 0.1) is 0 Å². The molecule has 92 valence electrons. The average Bonchev–Trinajstić information content (AvgIpc) is 2.76. The Hall–Kier alpha value is -2.08. The van der Waals surface area contributed by atoms with Crippen molar-refractivity contribution in [1.29, 1.82) is 0 Å². The van der Waals surface area contributed by atoms with Gasteiger partial charge in [-0.3, -0.25) is 0 Å². The van der Waals surface area contributed by atoms with Gasteiger partial charge in [-0.25, -0.2) is 0 Å². The van der Waals surface area contributed by atoms with Gasteiger partial charge in [-0.1, -0.05) is 48.1 Å². The molecule has 0 amide bonds. The van der Waals surface area contributed by atoms with Gasteiger partial charge in [0.15, 0.2) is 0 Å². The molecule has 0 saturated heterocycles. The van der Waals surface area contributed by atoms with E-state index in [0.29, 0.717) is 0 Å². The first kappa shape index (κ1) is 12.0. The fraction of sp³-hybridized carbons (Fsp3) is 0.0556. The summed E-state index contributed by atoms with van der Waals surface area (Å²) in [7, 11) is 0. The Bertz CT molecular complexity index is 702. The van der Waals surface area contributed by atoms with Gasteiger partial charge in [-0.05, 0) is 36.8 Å². The molecule has 1 aromatic heterocycles. The van der Waals surface area contributed by atoms with Crippen LogP contribution >= 0.6 is 11.3 Å². The first-order valence-corrected chi connectivity index (χ1v) is 7.12. The second kappa shape index (κ2) is 5.27. The van der Waals surface area contributed by atoms with E-state index in [1.54, 1.807) is 0 Å². The molecule has 1 aliphatic rings. The van der Waals surface area contributed by atoms with Crippen LogP contribution in [0.4, 0.5) is 0 Å². The Labute approximate surface area is 117 Å². The maximum Gasteiger partial charge on any atom is 0.0427 e. The number of aryl methyl sites for hydroxylation is 1. The number of rotatable bonds is 2. The van der Waals surface area contributed by atoms with Crippen LogP contribution in [0.25, 0.3) is 16.0 Å². The van der Waals surface area contributed by atoms with Crippen LogP contribution in [0.5, 0.6) is 0 Å². The molecule has 0 aliphatic heterocycles. The molecule has 0 spiro atoms. The van der Waals surface area contributed by atoms with Crippen molar-refractivity contribution in [3.8, 4) is 10.4 Å². The highest BCUT2D eigenvalue weighted by atomic mass is 32.1. The summed E-state index contributed by atoms with van der Waals surface area (Å²) in [6.45, 7) is 2.11. The van der Waals surface area contributed by atoms with Crippen LogP contribution in [-0.4, -0.2) is 0 Å².